The van der Waals surface area contributed by atoms with Gasteiger partial charge in [-0.15, -0.1) is 10.2 Å². The van der Waals surface area contributed by atoms with Crippen molar-refractivity contribution in [2.45, 2.75) is 26.2 Å². The maximum atomic E-state index is 6.65. The Hall–Kier alpha value is -6.01. The molecule has 0 saturated heterocycles. The molecule has 0 amide bonds. The van der Waals surface area contributed by atoms with E-state index in [1.165, 1.54) is 27.4 Å². The van der Waals surface area contributed by atoms with Gasteiger partial charge in [-0.05, 0) is 65.9 Å². The lowest BCUT2D eigenvalue weighted by Gasteiger charge is -2.33. The van der Waals surface area contributed by atoms with Crippen molar-refractivity contribution in [3.8, 4) is 28.7 Å². The van der Waals surface area contributed by atoms with Crippen molar-refractivity contribution in [2.24, 2.45) is 0 Å². The molecule has 0 saturated carbocycles. The zero-order valence-electron chi connectivity index (χ0n) is 26.2. The quantitative estimate of drug-likeness (QED) is 0.188. The SMILES string of the molecule is Cc1ccccc1-c1nnc2c3cc(Oc4ccc5c6cccc7c6n(c5c4)-c4ncccc4C7(C)C)ccc3c3ccccc3n12. The average Bonchev–Trinajstić information content (AvgIpc) is 3.68. The Morgan fingerprint density at radius 1 is 0.617 bits per heavy atom. The van der Waals surface area contributed by atoms with Crippen LogP contribution in [0.25, 0.3) is 66.3 Å². The standard InChI is InChI=1S/C41H29N5O/c1-24-10-4-5-11-27(24)38-43-44-39-32-22-25(17-19-28(32)29-12-6-7-16-35(29)46(38)39)47-26-18-20-30-31-13-8-14-33-37(31)45(36(30)23-26)40-34(41(33,2)3)15-9-21-42-40/h4-23H,1-3H3. The summed E-state index contributed by atoms with van der Waals surface area (Å²) in [6.07, 6.45) is 1.88. The normalized spacial score (nSPS) is 13.6. The Bertz CT molecular complexity index is 2770. The summed E-state index contributed by atoms with van der Waals surface area (Å²) >= 11 is 0. The number of rotatable bonds is 3. The summed E-state index contributed by atoms with van der Waals surface area (Å²) in [5.41, 5.74) is 8.75. The Morgan fingerprint density at radius 3 is 2.26 bits per heavy atom. The van der Waals surface area contributed by atoms with Crippen LogP contribution in [-0.4, -0.2) is 24.1 Å². The van der Waals surface area contributed by atoms with Crippen molar-refractivity contribution >= 4 is 49.1 Å². The van der Waals surface area contributed by atoms with E-state index in [9.17, 15) is 0 Å². The minimum absolute atomic E-state index is 0.159. The van der Waals surface area contributed by atoms with E-state index in [1.54, 1.807) is 0 Å². The van der Waals surface area contributed by atoms with Crippen LogP contribution < -0.4 is 4.74 Å². The molecular weight excluding hydrogens is 578 g/mol. The Balaban J connectivity index is 1.16. The van der Waals surface area contributed by atoms with Gasteiger partial charge in [0.1, 0.15) is 17.3 Å². The first-order chi connectivity index (χ1) is 23.0. The van der Waals surface area contributed by atoms with Crippen molar-refractivity contribution in [3.05, 3.63) is 138 Å². The number of pyridine rings is 2. The minimum Gasteiger partial charge on any atom is -0.457 e. The van der Waals surface area contributed by atoms with E-state index in [4.69, 9.17) is 19.9 Å². The predicted molar refractivity (Wildman–Crippen MR) is 189 cm³/mol. The van der Waals surface area contributed by atoms with Gasteiger partial charge in [-0.1, -0.05) is 80.6 Å². The number of aryl methyl sites for hydroxylation is 1. The molecule has 0 unspecified atom stereocenters. The van der Waals surface area contributed by atoms with E-state index in [2.05, 4.69) is 127 Å². The third kappa shape index (κ3) is 3.52. The molecule has 6 heteroatoms. The molecule has 0 atom stereocenters. The molecule has 10 rings (SSSR count). The van der Waals surface area contributed by atoms with Gasteiger partial charge < -0.3 is 4.74 Å². The molecule has 0 N–H and O–H groups in total. The van der Waals surface area contributed by atoms with E-state index in [-0.39, 0.29) is 5.41 Å². The van der Waals surface area contributed by atoms with Gasteiger partial charge >= 0.3 is 0 Å². The maximum absolute atomic E-state index is 6.65. The number of hydrogen-bond donors (Lipinski definition) is 0. The Labute approximate surface area is 270 Å². The zero-order chi connectivity index (χ0) is 31.4. The molecule has 6 nitrogen and oxygen atoms in total. The third-order valence-corrected chi connectivity index (χ3v) is 10.1. The molecule has 47 heavy (non-hydrogen) atoms. The van der Waals surface area contributed by atoms with Gasteiger partial charge in [0, 0.05) is 50.4 Å². The summed E-state index contributed by atoms with van der Waals surface area (Å²) in [7, 11) is 0. The smallest absolute Gasteiger partial charge is 0.169 e. The van der Waals surface area contributed by atoms with Crippen LogP contribution in [0.3, 0.4) is 0 Å². The molecule has 0 fully saturated rings. The molecular formula is C41H29N5O. The van der Waals surface area contributed by atoms with Gasteiger partial charge in [-0.3, -0.25) is 8.97 Å². The molecule has 5 heterocycles. The summed E-state index contributed by atoms with van der Waals surface area (Å²) in [4.78, 5) is 4.90. The van der Waals surface area contributed by atoms with Crippen LogP contribution in [0.4, 0.5) is 0 Å². The number of fused-ring (bicyclic) bond motifs is 11. The van der Waals surface area contributed by atoms with Crippen LogP contribution in [0.2, 0.25) is 0 Å². The van der Waals surface area contributed by atoms with Crippen LogP contribution in [0.1, 0.15) is 30.5 Å². The molecule has 1 aliphatic heterocycles. The van der Waals surface area contributed by atoms with E-state index >= 15 is 0 Å². The van der Waals surface area contributed by atoms with E-state index in [0.717, 1.165) is 67.1 Å². The summed E-state index contributed by atoms with van der Waals surface area (Å²) in [5, 5.41) is 15.1. The van der Waals surface area contributed by atoms with Crippen molar-refractivity contribution in [1.29, 1.82) is 0 Å². The van der Waals surface area contributed by atoms with E-state index < -0.39 is 0 Å². The molecule has 0 aliphatic carbocycles. The number of benzene rings is 5. The average molecular weight is 608 g/mol. The Kier molecular flexibility index (Phi) is 5.17. The highest BCUT2D eigenvalue weighted by Gasteiger charge is 2.35. The molecule has 224 valence electrons. The number of aromatic nitrogens is 5. The van der Waals surface area contributed by atoms with Crippen molar-refractivity contribution in [1.82, 2.24) is 24.1 Å². The van der Waals surface area contributed by atoms with Crippen LogP contribution in [-0.2, 0) is 5.41 Å². The van der Waals surface area contributed by atoms with E-state index in [1.807, 2.05) is 24.4 Å². The van der Waals surface area contributed by atoms with Gasteiger partial charge in [-0.2, -0.15) is 0 Å². The summed E-state index contributed by atoms with van der Waals surface area (Å²) in [6, 6.07) is 40.3. The largest absolute Gasteiger partial charge is 0.457 e. The van der Waals surface area contributed by atoms with Crippen LogP contribution in [0.5, 0.6) is 11.5 Å². The second kappa shape index (κ2) is 9.27. The first-order valence-electron chi connectivity index (χ1n) is 16.0. The van der Waals surface area contributed by atoms with Crippen molar-refractivity contribution in [2.75, 3.05) is 0 Å². The molecule has 4 aromatic heterocycles. The lowest BCUT2D eigenvalue weighted by molar-refractivity contribution is 0.484. The maximum Gasteiger partial charge on any atom is 0.169 e. The Morgan fingerprint density at radius 2 is 1.36 bits per heavy atom. The lowest BCUT2D eigenvalue weighted by atomic mass is 9.76. The molecule has 0 radical (unpaired) electrons. The molecule has 0 bridgehead atoms. The first kappa shape index (κ1) is 26.2. The second-order valence-corrected chi connectivity index (χ2v) is 13.0. The van der Waals surface area contributed by atoms with Gasteiger partial charge in [0.25, 0.3) is 0 Å². The molecule has 5 aromatic carbocycles. The van der Waals surface area contributed by atoms with Crippen molar-refractivity contribution < 1.29 is 4.74 Å². The summed E-state index contributed by atoms with van der Waals surface area (Å²) < 4.78 is 11.1. The zero-order valence-corrected chi connectivity index (χ0v) is 26.2. The highest BCUT2D eigenvalue weighted by molar-refractivity contribution is 6.13. The van der Waals surface area contributed by atoms with Gasteiger partial charge in [-0.25, -0.2) is 4.98 Å². The summed E-state index contributed by atoms with van der Waals surface area (Å²) in [6.45, 7) is 6.69. The third-order valence-electron chi connectivity index (χ3n) is 10.1. The fourth-order valence-corrected chi connectivity index (χ4v) is 7.77. The van der Waals surface area contributed by atoms with Gasteiger partial charge in [0.2, 0.25) is 0 Å². The predicted octanol–water partition coefficient (Wildman–Crippen LogP) is 9.93. The highest BCUT2D eigenvalue weighted by atomic mass is 16.5. The first-order valence-corrected chi connectivity index (χ1v) is 16.0. The number of hydrogen-bond acceptors (Lipinski definition) is 4. The van der Waals surface area contributed by atoms with Crippen LogP contribution in [0, 0.1) is 6.92 Å². The monoisotopic (exact) mass is 607 g/mol. The second-order valence-electron chi connectivity index (χ2n) is 13.0. The molecule has 1 aliphatic rings. The number of ether oxygens (including phenoxy) is 1. The number of nitrogens with zero attached hydrogens (tertiary/aromatic N) is 5. The summed E-state index contributed by atoms with van der Waals surface area (Å²) in [5.74, 6) is 3.31. The van der Waals surface area contributed by atoms with E-state index in [0.29, 0.717) is 0 Å². The topological polar surface area (TPSA) is 57.2 Å². The number of para-hydroxylation sites is 2. The molecule has 9 aromatic rings. The fraction of sp³-hybridized carbons (Fsp3) is 0.0976. The lowest BCUT2D eigenvalue weighted by Crippen LogP contribution is -2.26. The highest BCUT2D eigenvalue weighted by Crippen LogP contribution is 2.47. The van der Waals surface area contributed by atoms with Crippen LogP contribution >= 0.6 is 0 Å². The minimum atomic E-state index is -0.159. The van der Waals surface area contributed by atoms with Gasteiger partial charge in [0.15, 0.2) is 11.5 Å². The van der Waals surface area contributed by atoms with Gasteiger partial charge in [0.05, 0.1) is 16.6 Å². The fourth-order valence-electron chi connectivity index (χ4n) is 7.77. The van der Waals surface area contributed by atoms with Crippen LogP contribution in [0.15, 0.2) is 121 Å². The van der Waals surface area contributed by atoms with Crippen molar-refractivity contribution in [3.63, 3.8) is 0 Å². The molecule has 0 spiro atoms.